The zero-order chi connectivity index (χ0) is 53.7. The molecule has 29 nitrogen and oxygen atoms in total. The number of benzene rings is 5. The maximum atomic E-state index is 12.9. The number of hydrogen-bond acceptors (Lipinski definition) is 23. The van der Waals surface area contributed by atoms with Gasteiger partial charge in [-0.3, -0.25) is 22.8 Å². The van der Waals surface area contributed by atoms with Crippen LogP contribution in [0.5, 0.6) is 17.4 Å². The molecule has 0 atom stereocenters. The lowest BCUT2D eigenvalue weighted by molar-refractivity contribution is 0.0690. The number of carboxylic acid groups (broad SMARTS) is 1. The molecule has 0 saturated heterocycles. The number of aromatic carboxylic acids is 1. The summed E-state index contributed by atoms with van der Waals surface area (Å²) in [5.41, 5.74) is -4.30. The Labute approximate surface area is 418 Å². The largest absolute Gasteiger partial charge is 0.505 e. The maximum absolute atomic E-state index is 12.9. The van der Waals surface area contributed by atoms with Gasteiger partial charge in [-0.1, -0.05) is 22.9 Å². The van der Waals surface area contributed by atoms with E-state index >= 15 is 0 Å². The van der Waals surface area contributed by atoms with E-state index in [1.165, 1.54) is 25.1 Å². The maximum Gasteiger partial charge on any atom is 0.358 e. The number of carbonyl (C=O) groups is 1. The third-order valence-corrected chi connectivity index (χ3v) is 15.1. The van der Waals surface area contributed by atoms with E-state index in [1.54, 1.807) is 0 Å². The molecule has 0 aliphatic carbocycles. The average Bonchev–Trinajstić information content (AvgIpc) is 3.84. The molecule has 0 bridgehead atoms. The number of rotatable bonds is 17. The van der Waals surface area contributed by atoms with E-state index in [4.69, 9.17) is 16.3 Å². The third kappa shape index (κ3) is 11.9. The van der Waals surface area contributed by atoms with E-state index in [-0.39, 0.29) is 55.2 Å². The van der Waals surface area contributed by atoms with Crippen molar-refractivity contribution in [1.82, 2.24) is 14.8 Å². The summed E-state index contributed by atoms with van der Waals surface area (Å²) in [6.45, 7) is 1.03. The Morgan fingerprint density at radius 2 is 1.33 bits per heavy atom. The molecule has 5 aromatic carbocycles. The van der Waals surface area contributed by atoms with Gasteiger partial charge in [-0.25, -0.2) is 9.78 Å². The highest BCUT2D eigenvalue weighted by Gasteiger charge is 2.30. The van der Waals surface area contributed by atoms with Gasteiger partial charge in [0.2, 0.25) is 16.7 Å². The third-order valence-electron chi connectivity index (χ3n) is 9.65. The predicted octanol–water partition coefficient (Wildman–Crippen LogP) is 7.60. The predicted molar refractivity (Wildman–Crippen MR) is 252 cm³/mol. The van der Waals surface area contributed by atoms with Crippen LogP contribution < -0.4 is 4.74 Å². The van der Waals surface area contributed by atoms with Gasteiger partial charge in [-0.15, -0.1) is 30.7 Å². The van der Waals surface area contributed by atoms with Crippen molar-refractivity contribution in [3.8, 4) is 23.1 Å². The van der Waals surface area contributed by atoms with Crippen LogP contribution in [0.1, 0.15) is 22.5 Å². The van der Waals surface area contributed by atoms with Crippen LogP contribution in [0.15, 0.2) is 117 Å². The van der Waals surface area contributed by atoms with Gasteiger partial charge >= 0.3 is 5.97 Å². The van der Waals surface area contributed by atoms with Crippen LogP contribution in [0.2, 0.25) is 5.02 Å². The van der Waals surface area contributed by atoms with Crippen molar-refractivity contribution in [2.75, 3.05) is 12.4 Å². The van der Waals surface area contributed by atoms with Gasteiger partial charge in [0.25, 0.3) is 50.6 Å². The van der Waals surface area contributed by atoms with Gasteiger partial charge in [0, 0.05) is 21.9 Å². The smallest absolute Gasteiger partial charge is 0.358 e. The highest BCUT2D eigenvalue weighted by atomic mass is 35.5. The minimum absolute atomic E-state index is 0.00480. The molecule has 0 unspecified atom stereocenters. The number of phenolic OH excluding ortho intramolecular Hbond substituents is 1. The molecule has 8 N–H and O–H groups in total. The van der Waals surface area contributed by atoms with Crippen LogP contribution in [0.3, 0.4) is 0 Å². The Bertz CT molecular complexity index is 4150. The molecule has 0 aliphatic rings. The number of nitrogens with zero attached hydrogens (tertiary/aromatic N) is 9. The number of carboxylic acids is 1. The quantitative estimate of drug-likeness (QED) is 0.0247. The first-order valence-corrected chi connectivity index (χ1v) is 27.8. The summed E-state index contributed by atoms with van der Waals surface area (Å²) < 4.78 is 177. The molecule has 7 rings (SSSR count). The summed E-state index contributed by atoms with van der Waals surface area (Å²) in [4.78, 5) is 12.4. The molecular weight excluding hydrogens is 1120 g/mol. The van der Waals surface area contributed by atoms with E-state index in [0.29, 0.717) is 10.7 Å². The second kappa shape index (κ2) is 19.8. The molecule has 7 aromatic rings. The number of aromatic hydroxyl groups is 2. The second-order valence-corrected chi connectivity index (χ2v) is 23.2. The van der Waals surface area contributed by atoms with E-state index in [9.17, 15) is 85.0 Å². The van der Waals surface area contributed by atoms with Gasteiger partial charge < -0.3 is 20.1 Å². The Balaban J connectivity index is 1.31. The van der Waals surface area contributed by atoms with Crippen molar-refractivity contribution < 1.29 is 89.7 Å². The van der Waals surface area contributed by atoms with Crippen molar-refractivity contribution in [2.24, 2.45) is 30.7 Å². The lowest BCUT2D eigenvalue weighted by Gasteiger charge is -2.13. The van der Waals surface area contributed by atoms with E-state index in [0.717, 1.165) is 53.8 Å². The first kappa shape index (κ1) is 53.8. The molecule has 2 aromatic heterocycles. The van der Waals surface area contributed by atoms with Crippen LogP contribution in [0.25, 0.3) is 26.7 Å². The molecule has 73 heavy (non-hydrogen) atoms. The SMILES string of the molecule is Cc1cc(N=Nc2c(S(=O)(=O)O)cc3c(S(=O)(=O)O)c(N=Nc4c(C(=O)O)nn(-c5ccc(S(=O)(=O)O)cc5)c4O)ccc3c2O)c(OCCCS(=O)(=O)O)cc1N=Nc1nc2c(S(=O)(=O)O)cc(Cl)cc2s1. The Kier molecular flexibility index (Phi) is 14.6. The van der Waals surface area contributed by atoms with E-state index in [1.807, 2.05) is 0 Å². The van der Waals surface area contributed by atoms with Gasteiger partial charge in [0.1, 0.15) is 43.0 Å². The molecule has 0 fully saturated rings. The molecular formula is C37H28ClN9O20S6. The molecule has 0 amide bonds. The highest BCUT2D eigenvalue weighted by Crippen LogP contribution is 2.47. The van der Waals surface area contributed by atoms with Gasteiger partial charge in [0.05, 0.1) is 33.3 Å². The fourth-order valence-electron chi connectivity index (χ4n) is 6.49. The zero-order valence-electron chi connectivity index (χ0n) is 35.8. The number of aromatic nitrogens is 3. The van der Waals surface area contributed by atoms with Crippen LogP contribution in [-0.2, 0) is 50.6 Å². The molecule has 2 heterocycles. The highest BCUT2D eigenvalue weighted by molar-refractivity contribution is 7.87. The van der Waals surface area contributed by atoms with Crippen LogP contribution in [0.4, 0.5) is 33.6 Å². The van der Waals surface area contributed by atoms with Crippen molar-refractivity contribution >= 4 is 134 Å². The fraction of sp³-hybridized carbons (Fsp3) is 0.108. The van der Waals surface area contributed by atoms with Crippen LogP contribution in [0, 0.1) is 6.92 Å². The Hall–Kier alpha value is -7.03. The lowest BCUT2D eigenvalue weighted by Crippen LogP contribution is -2.08. The number of ether oxygens (including phenoxy) is 1. The van der Waals surface area contributed by atoms with Crippen molar-refractivity contribution in [2.45, 2.75) is 32.9 Å². The van der Waals surface area contributed by atoms with Crippen LogP contribution in [-0.4, -0.2) is 113 Å². The number of aryl methyl sites for hydroxylation is 1. The van der Waals surface area contributed by atoms with Crippen LogP contribution >= 0.6 is 22.9 Å². The number of thiazole rings is 1. The number of azo groups is 3. The second-order valence-electron chi connectivity index (χ2n) is 14.7. The minimum atomic E-state index is -5.57. The first-order chi connectivity index (χ1) is 33.8. The van der Waals surface area contributed by atoms with Crippen molar-refractivity contribution in [1.29, 1.82) is 0 Å². The molecule has 36 heteroatoms. The van der Waals surface area contributed by atoms with E-state index < -0.39 is 134 Å². The standard InChI is InChI=1S/C37H28ClN9O20S6/c1-16-11-24(25(67-9-2-10-69(52,53)54)15-23(16)41-45-37-39-29-26(68-37)12-17(38)13-27(29)71(58,59)60)42-43-30-28(72(61,62)63)14-21-20(33(30)48)7-8-22(34(21)73(64,65)66)40-44-31-32(36(50)51)46-47(35(31)49)18-3-5-19(6-4-18)70(55,56)57/h3-8,11-15,48-49H,2,9-10H2,1H3,(H,50,51)(H,52,53,54)(H,55,56,57)(H,58,59,60)(H,61,62,63)(H,64,65,66). The number of hydrogen-bond donors (Lipinski definition) is 8. The fourth-order valence-corrected chi connectivity index (χ4v) is 10.9. The normalized spacial score (nSPS) is 13.1. The summed E-state index contributed by atoms with van der Waals surface area (Å²) in [7, 11) is -25.0. The van der Waals surface area contributed by atoms with Crippen molar-refractivity contribution in [3.05, 3.63) is 83.0 Å². The van der Waals surface area contributed by atoms with Crippen molar-refractivity contribution in [3.63, 3.8) is 0 Å². The number of fused-ring (bicyclic) bond motifs is 2. The van der Waals surface area contributed by atoms with Gasteiger partial charge in [-0.05, 0) is 79.6 Å². The zero-order valence-corrected chi connectivity index (χ0v) is 41.5. The monoisotopic (exact) mass is 1140 g/mol. The summed E-state index contributed by atoms with van der Waals surface area (Å²) in [6, 6.07) is 10.6. The molecule has 0 spiro atoms. The molecule has 0 saturated carbocycles. The molecule has 0 radical (unpaired) electrons. The summed E-state index contributed by atoms with van der Waals surface area (Å²) in [6.07, 6.45) is -0.303. The molecule has 0 aliphatic heterocycles. The summed E-state index contributed by atoms with van der Waals surface area (Å²) >= 11 is 6.84. The lowest BCUT2D eigenvalue weighted by atomic mass is 10.1. The minimum Gasteiger partial charge on any atom is -0.505 e. The average molecular weight is 1150 g/mol. The summed E-state index contributed by atoms with van der Waals surface area (Å²) in [5, 5.41) is 57.4. The Morgan fingerprint density at radius 1 is 0.699 bits per heavy atom. The van der Waals surface area contributed by atoms with Gasteiger partial charge in [0.15, 0.2) is 11.4 Å². The first-order valence-electron chi connectivity index (χ1n) is 19.3. The Morgan fingerprint density at radius 3 is 1.93 bits per heavy atom. The van der Waals surface area contributed by atoms with Gasteiger partial charge in [-0.2, -0.15) is 51.9 Å². The number of phenols is 1. The van der Waals surface area contributed by atoms with E-state index in [2.05, 4.69) is 40.8 Å². The number of halogens is 1. The summed E-state index contributed by atoms with van der Waals surface area (Å²) in [5.74, 6) is -5.12. The topological polar surface area (TPSA) is 464 Å². The molecule has 384 valence electrons.